The van der Waals surface area contributed by atoms with E-state index in [-0.39, 0.29) is 0 Å². The smallest absolute Gasteiger partial charge is 0.204 e. The third-order valence-electron chi connectivity index (χ3n) is 6.97. The second kappa shape index (κ2) is 9.76. The monoisotopic (exact) mass is 492 g/mol. The summed E-state index contributed by atoms with van der Waals surface area (Å²) in [6.45, 7) is 1.56. The highest BCUT2D eigenvalue weighted by atomic mass is 16.5. The molecular weight excluding hydrogens is 464 g/mol. The first kappa shape index (κ1) is 23.3. The molecule has 6 rings (SSSR count). The number of rotatable bonds is 6. The average molecular weight is 493 g/mol. The molecule has 1 saturated heterocycles. The lowest BCUT2D eigenvalue weighted by atomic mass is 9.86. The first-order valence-electron chi connectivity index (χ1n) is 12.5. The molecule has 0 bridgehead atoms. The van der Waals surface area contributed by atoms with Gasteiger partial charge in [0.25, 0.3) is 0 Å². The van der Waals surface area contributed by atoms with Crippen LogP contribution in [0, 0.1) is 0 Å². The van der Waals surface area contributed by atoms with Crippen molar-refractivity contribution < 1.29 is 14.6 Å². The lowest BCUT2D eigenvalue weighted by Crippen LogP contribution is -2.33. The minimum absolute atomic E-state index is 0.411. The normalized spacial score (nSPS) is 15.1. The summed E-state index contributed by atoms with van der Waals surface area (Å²) in [4.78, 5) is 1.47. The maximum atomic E-state index is 11.1. The molecule has 2 heterocycles. The summed E-state index contributed by atoms with van der Waals surface area (Å²) in [5, 5.41) is 25.8. The number of nitrogens with zero attached hydrogens (tertiary/aromatic N) is 4. The quantitative estimate of drug-likeness (QED) is 0.348. The van der Waals surface area contributed by atoms with Gasteiger partial charge in [-0.05, 0) is 68.6 Å². The summed E-state index contributed by atoms with van der Waals surface area (Å²) < 4.78 is 11.7. The molecule has 0 saturated carbocycles. The number of hydrogen-bond donors (Lipinski definition) is 1. The van der Waals surface area contributed by atoms with Gasteiger partial charge in [-0.3, -0.25) is 0 Å². The van der Waals surface area contributed by atoms with E-state index >= 15 is 0 Å². The summed E-state index contributed by atoms with van der Waals surface area (Å²) in [5.74, 6) is 1.37. The Kier molecular flexibility index (Phi) is 6.16. The van der Waals surface area contributed by atoms with Gasteiger partial charge in [0.2, 0.25) is 5.82 Å². The van der Waals surface area contributed by atoms with Gasteiger partial charge in [0.1, 0.15) is 12.4 Å². The van der Waals surface area contributed by atoms with Gasteiger partial charge in [-0.15, -0.1) is 10.2 Å². The maximum absolute atomic E-state index is 11.1. The Bertz CT molecular complexity index is 1540. The van der Waals surface area contributed by atoms with Crippen molar-refractivity contribution in [1.29, 1.82) is 0 Å². The van der Waals surface area contributed by atoms with Crippen LogP contribution in [0.2, 0.25) is 0 Å². The van der Waals surface area contributed by atoms with E-state index in [1.165, 1.54) is 4.80 Å². The van der Waals surface area contributed by atoms with E-state index < -0.39 is 5.60 Å². The molecule has 0 atom stereocenters. The Labute approximate surface area is 215 Å². The van der Waals surface area contributed by atoms with Crippen molar-refractivity contribution in [3.8, 4) is 28.3 Å². The number of ether oxygens (including phenoxy) is 2. The van der Waals surface area contributed by atoms with E-state index in [4.69, 9.17) is 9.47 Å². The van der Waals surface area contributed by atoms with Gasteiger partial charge >= 0.3 is 0 Å². The molecular formula is C30H28N4O3. The van der Waals surface area contributed by atoms with Gasteiger partial charge in [0, 0.05) is 31.6 Å². The predicted molar refractivity (Wildman–Crippen MR) is 142 cm³/mol. The number of aliphatic hydroxyl groups is 1. The lowest BCUT2D eigenvalue weighted by Gasteiger charge is -2.32. The summed E-state index contributed by atoms with van der Waals surface area (Å²) in [6.07, 6.45) is 1.21. The van der Waals surface area contributed by atoms with Crippen LogP contribution in [0.4, 0.5) is 0 Å². The fraction of sp³-hybridized carbons (Fsp3) is 0.233. The van der Waals surface area contributed by atoms with Crippen LogP contribution in [0.5, 0.6) is 5.75 Å². The van der Waals surface area contributed by atoms with E-state index in [0.29, 0.717) is 38.5 Å². The molecule has 0 unspecified atom stereocenters. The zero-order valence-corrected chi connectivity index (χ0v) is 20.7. The molecule has 7 heteroatoms. The van der Waals surface area contributed by atoms with E-state index in [9.17, 15) is 5.11 Å². The van der Waals surface area contributed by atoms with Gasteiger partial charge in [0.05, 0.1) is 12.6 Å². The van der Waals surface area contributed by atoms with Gasteiger partial charge in [-0.25, -0.2) is 0 Å². The van der Waals surface area contributed by atoms with Gasteiger partial charge in [-0.2, -0.15) is 4.80 Å². The third-order valence-corrected chi connectivity index (χ3v) is 6.97. The molecule has 5 aromatic rings. The molecule has 0 amide bonds. The Balaban J connectivity index is 1.32. The fourth-order valence-electron chi connectivity index (χ4n) is 4.93. The van der Waals surface area contributed by atoms with Crippen molar-refractivity contribution in [3.63, 3.8) is 0 Å². The summed E-state index contributed by atoms with van der Waals surface area (Å²) in [7, 11) is 1.76. The van der Waals surface area contributed by atoms with Crippen LogP contribution in [0.15, 0.2) is 84.9 Å². The minimum Gasteiger partial charge on any atom is -0.489 e. The number of aryl methyl sites for hydroxylation is 1. The molecule has 0 spiro atoms. The summed E-state index contributed by atoms with van der Waals surface area (Å²) >= 11 is 0. The first-order valence-corrected chi connectivity index (χ1v) is 12.5. The molecule has 1 aliphatic rings. The zero-order chi connectivity index (χ0) is 25.2. The van der Waals surface area contributed by atoms with Crippen molar-refractivity contribution >= 4 is 10.8 Å². The molecule has 7 nitrogen and oxygen atoms in total. The second-order valence-corrected chi connectivity index (χ2v) is 9.51. The Morgan fingerprint density at radius 3 is 2.54 bits per heavy atom. The Hall–Kier alpha value is -4.07. The average Bonchev–Trinajstić information content (AvgIpc) is 3.38. The van der Waals surface area contributed by atoms with Crippen LogP contribution in [-0.2, 0) is 24.0 Å². The maximum Gasteiger partial charge on any atom is 0.204 e. The number of aromatic nitrogens is 4. The highest BCUT2D eigenvalue weighted by molar-refractivity contribution is 6.00. The lowest BCUT2D eigenvalue weighted by molar-refractivity contribution is -0.0679. The molecule has 37 heavy (non-hydrogen) atoms. The Morgan fingerprint density at radius 1 is 0.919 bits per heavy atom. The van der Waals surface area contributed by atoms with Gasteiger partial charge < -0.3 is 14.6 Å². The fourth-order valence-corrected chi connectivity index (χ4v) is 4.93. The van der Waals surface area contributed by atoms with E-state index in [0.717, 1.165) is 44.3 Å². The molecule has 1 N–H and O–H groups in total. The highest BCUT2D eigenvalue weighted by Gasteiger charge is 2.31. The molecule has 4 aromatic carbocycles. The number of hydrogen-bond acceptors (Lipinski definition) is 6. The molecule has 1 aliphatic heterocycles. The van der Waals surface area contributed by atoms with Crippen LogP contribution in [-0.4, -0.2) is 38.5 Å². The first-order chi connectivity index (χ1) is 18.1. The predicted octanol–water partition coefficient (Wildman–Crippen LogP) is 5.27. The topological polar surface area (TPSA) is 82.3 Å². The van der Waals surface area contributed by atoms with Crippen LogP contribution in [0.3, 0.4) is 0 Å². The number of fused-ring (bicyclic) bond motifs is 1. The summed E-state index contributed by atoms with van der Waals surface area (Å²) in [5.41, 5.74) is 4.20. The third kappa shape index (κ3) is 4.83. The van der Waals surface area contributed by atoms with E-state index in [1.54, 1.807) is 7.05 Å². The van der Waals surface area contributed by atoms with E-state index in [1.807, 2.05) is 48.5 Å². The van der Waals surface area contributed by atoms with Gasteiger partial charge in [0.15, 0.2) is 0 Å². The van der Waals surface area contributed by atoms with Crippen molar-refractivity contribution in [2.45, 2.75) is 25.0 Å². The summed E-state index contributed by atoms with van der Waals surface area (Å²) in [6, 6.07) is 28.7. The van der Waals surface area contributed by atoms with Crippen LogP contribution in [0.1, 0.15) is 24.0 Å². The molecule has 186 valence electrons. The van der Waals surface area contributed by atoms with E-state index in [2.05, 4.69) is 51.8 Å². The zero-order valence-electron chi connectivity index (χ0n) is 20.7. The van der Waals surface area contributed by atoms with Crippen LogP contribution >= 0.6 is 0 Å². The van der Waals surface area contributed by atoms with Crippen molar-refractivity contribution in [1.82, 2.24) is 20.2 Å². The van der Waals surface area contributed by atoms with Crippen molar-refractivity contribution in [3.05, 3.63) is 96.1 Å². The SMILES string of the molecule is Cn1nnc(-c2cc(-c3ccccc3)c3cc(OCc4cccc(C5(O)CCOCC5)c4)ccc3c2)n1. The Morgan fingerprint density at radius 2 is 1.76 bits per heavy atom. The van der Waals surface area contributed by atoms with Crippen LogP contribution < -0.4 is 4.74 Å². The molecule has 1 aromatic heterocycles. The molecule has 0 aliphatic carbocycles. The largest absolute Gasteiger partial charge is 0.489 e. The van der Waals surface area contributed by atoms with Crippen molar-refractivity contribution in [2.75, 3.05) is 13.2 Å². The number of benzene rings is 4. The second-order valence-electron chi connectivity index (χ2n) is 9.51. The minimum atomic E-state index is -0.836. The van der Waals surface area contributed by atoms with Gasteiger partial charge in [-0.1, -0.05) is 54.6 Å². The molecule has 0 radical (unpaired) electrons. The van der Waals surface area contributed by atoms with Crippen LogP contribution in [0.25, 0.3) is 33.3 Å². The highest BCUT2D eigenvalue weighted by Crippen LogP contribution is 2.36. The number of tetrazole rings is 1. The van der Waals surface area contributed by atoms with Crippen molar-refractivity contribution in [2.24, 2.45) is 7.05 Å². The molecule has 1 fully saturated rings. The standard InChI is InChI=1S/C30H28N4O3/c1-34-32-29(31-33-34)24-17-23-10-11-26(19-28(23)27(18-24)22-7-3-2-4-8-22)37-20-21-6-5-9-25(16-21)30(35)12-14-36-15-13-30/h2-11,16-19,35H,12-15,20H2,1H3.